The predicted octanol–water partition coefficient (Wildman–Crippen LogP) is 2.95. The van der Waals surface area contributed by atoms with Crippen LogP contribution in [0.15, 0.2) is 35.7 Å². The fraction of sp³-hybridized carbons (Fsp3) is 0.250. The van der Waals surface area contributed by atoms with Crippen LogP contribution in [0.5, 0.6) is 11.5 Å². The van der Waals surface area contributed by atoms with Gasteiger partial charge in [-0.2, -0.15) is 0 Å². The van der Waals surface area contributed by atoms with Crippen LogP contribution >= 0.6 is 11.3 Å². The van der Waals surface area contributed by atoms with Crippen molar-refractivity contribution < 1.29 is 23.8 Å². The Morgan fingerprint density at radius 3 is 2.73 bits per heavy atom. The molecule has 2 heterocycles. The van der Waals surface area contributed by atoms with Gasteiger partial charge < -0.3 is 14.2 Å². The minimum absolute atomic E-state index is 0.277. The van der Waals surface area contributed by atoms with Crippen molar-refractivity contribution in [2.24, 2.45) is 0 Å². The zero-order chi connectivity index (χ0) is 15.4. The summed E-state index contributed by atoms with van der Waals surface area (Å²) in [6, 6.07) is 8.39. The number of fused-ring (bicyclic) bond motifs is 1. The van der Waals surface area contributed by atoms with Crippen LogP contribution in [-0.4, -0.2) is 31.6 Å². The second-order valence-electron chi connectivity index (χ2n) is 4.69. The molecule has 0 atom stereocenters. The molecule has 0 N–H and O–H groups in total. The van der Waals surface area contributed by atoms with Gasteiger partial charge in [-0.25, -0.2) is 4.79 Å². The number of thiophene rings is 1. The normalized spacial score (nSPS) is 13.3. The van der Waals surface area contributed by atoms with E-state index in [1.807, 2.05) is 0 Å². The number of ketones is 1. The van der Waals surface area contributed by atoms with Crippen LogP contribution in [0.25, 0.3) is 0 Å². The van der Waals surface area contributed by atoms with Crippen LogP contribution < -0.4 is 9.47 Å². The second kappa shape index (κ2) is 6.62. The van der Waals surface area contributed by atoms with E-state index in [1.54, 1.807) is 35.7 Å². The van der Waals surface area contributed by atoms with E-state index in [0.717, 1.165) is 6.42 Å². The smallest absolute Gasteiger partial charge is 0.348 e. The Morgan fingerprint density at radius 2 is 1.95 bits per heavy atom. The monoisotopic (exact) mass is 318 g/mol. The number of rotatable bonds is 4. The number of Topliss-reactive ketones (excluding diaryl/α,β-unsaturated/α-hetero) is 1. The first-order valence-corrected chi connectivity index (χ1v) is 7.75. The van der Waals surface area contributed by atoms with Crippen LogP contribution in [0.4, 0.5) is 0 Å². The van der Waals surface area contributed by atoms with Crippen molar-refractivity contribution in [1.82, 2.24) is 0 Å². The van der Waals surface area contributed by atoms with Gasteiger partial charge in [0.25, 0.3) is 0 Å². The lowest BCUT2D eigenvalue weighted by Crippen LogP contribution is -2.13. The molecule has 114 valence electrons. The van der Waals surface area contributed by atoms with Crippen LogP contribution in [0.3, 0.4) is 0 Å². The van der Waals surface area contributed by atoms with Gasteiger partial charge in [0.05, 0.1) is 13.2 Å². The summed E-state index contributed by atoms with van der Waals surface area (Å²) in [6.45, 7) is 0.854. The van der Waals surface area contributed by atoms with Crippen molar-refractivity contribution in [2.75, 3.05) is 19.8 Å². The molecule has 0 aliphatic carbocycles. The molecule has 1 aromatic heterocycles. The molecular weight excluding hydrogens is 304 g/mol. The zero-order valence-corrected chi connectivity index (χ0v) is 12.6. The summed E-state index contributed by atoms with van der Waals surface area (Å²) in [5.74, 6) is 0.413. The van der Waals surface area contributed by atoms with Gasteiger partial charge in [-0.3, -0.25) is 4.79 Å². The first kappa shape index (κ1) is 14.6. The number of esters is 1. The third kappa shape index (κ3) is 3.28. The highest BCUT2D eigenvalue weighted by Gasteiger charge is 2.16. The average molecular weight is 318 g/mol. The van der Waals surface area contributed by atoms with E-state index < -0.39 is 5.97 Å². The Morgan fingerprint density at radius 1 is 1.14 bits per heavy atom. The summed E-state index contributed by atoms with van der Waals surface area (Å²) in [7, 11) is 0. The summed E-state index contributed by atoms with van der Waals surface area (Å²) in [5.41, 5.74) is 0.434. The molecule has 1 aliphatic rings. The lowest BCUT2D eigenvalue weighted by atomic mass is 10.1. The molecule has 0 saturated carbocycles. The maximum atomic E-state index is 12.1. The highest BCUT2D eigenvalue weighted by atomic mass is 32.1. The van der Waals surface area contributed by atoms with Crippen molar-refractivity contribution in [1.29, 1.82) is 0 Å². The van der Waals surface area contributed by atoms with Crippen LogP contribution in [0.2, 0.25) is 0 Å². The summed E-state index contributed by atoms with van der Waals surface area (Å²) in [4.78, 5) is 24.3. The van der Waals surface area contributed by atoms with Crippen molar-refractivity contribution in [3.05, 3.63) is 46.2 Å². The van der Waals surface area contributed by atoms with E-state index in [-0.39, 0.29) is 12.4 Å². The number of carbonyl (C=O) groups is 2. The maximum absolute atomic E-state index is 12.1. The van der Waals surface area contributed by atoms with Gasteiger partial charge in [0.15, 0.2) is 23.9 Å². The second-order valence-corrected chi connectivity index (χ2v) is 5.64. The molecule has 0 radical (unpaired) electrons. The van der Waals surface area contributed by atoms with Crippen molar-refractivity contribution >= 4 is 23.1 Å². The molecule has 1 aromatic carbocycles. The highest BCUT2D eigenvalue weighted by Crippen LogP contribution is 2.30. The molecule has 22 heavy (non-hydrogen) atoms. The van der Waals surface area contributed by atoms with Gasteiger partial charge in [0, 0.05) is 12.0 Å². The minimum Gasteiger partial charge on any atom is -0.490 e. The molecule has 6 heteroatoms. The van der Waals surface area contributed by atoms with Crippen molar-refractivity contribution in [2.45, 2.75) is 6.42 Å². The lowest BCUT2D eigenvalue weighted by Gasteiger charge is -2.09. The molecule has 0 spiro atoms. The van der Waals surface area contributed by atoms with Crippen molar-refractivity contribution in [3.63, 3.8) is 0 Å². The summed E-state index contributed by atoms with van der Waals surface area (Å²) in [6.07, 6.45) is 0.802. The number of carbonyl (C=O) groups excluding carboxylic acids is 2. The summed E-state index contributed by atoms with van der Waals surface area (Å²) >= 11 is 1.28. The summed E-state index contributed by atoms with van der Waals surface area (Å²) in [5, 5.41) is 1.78. The van der Waals surface area contributed by atoms with Gasteiger partial charge in [-0.15, -0.1) is 11.3 Å². The summed E-state index contributed by atoms with van der Waals surface area (Å²) < 4.78 is 16.1. The van der Waals surface area contributed by atoms with E-state index >= 15 is 0 Å². The molecule has 0 saturated heterocycles. The molecule has 0 amide bonds. The van der Waals surface area contributed by atoms with Crippen LogP contribution in [0.1, 0.15) is 26.5 Å². The highest BCUT2D eigenvalue weighted by molar-refractivity contribution is 7.11. The quantitative estimate of drug-likeness (QED) is 0.641. The number of ether oxygens (including phenoxy) is 3. The molecule has 1 aliphatic heterocycles. The first-order chi connectivity index (χ1) is 10.7. The standard InChI is InChI=1S/C16H14O5S/c17-12(10-21-16(18)15-3-1-8-22-15)11-4-5-13-14(9-11)20-7-2-6-19-13/h1,3-5,8-9H,2,6-7,10H2. The number of benzene rings is 1. The lowest BCUT2D eigenvalue weighted by molar-refractivity contribution is 0.0479. The van der Waals surface area contributed by atoms with Crippen LogP contribution in [-0.2, 0) is 4.74 Å². The van der Waals surface area contributed by atoms with E-state index in [2.05, 4.69) is 0 Å². The Bertz CT molecular complexity index is 678. The number of hydrogen-bond donors (Lipinski definition) is 0. The third-order valence-electron chi connectivity index (χ3n) is 3.13. The van der Waals surface area contributed by atoms with E-state index in [9.17, 15) is 9.59 Å². The van der Waals surface area contributed by atoms with Gasteiger partial charge in [0.2, 0.25) is 0 Å². The van der Waals surface area contributed by atoms with Gasteiger partial charge in [0.1, 0.15) is 4.88 Å². The van der Waals surface area contributed by atoms with Gasteiger partial charge >= 0.3 is 5.97 Å². The average Bonchev–Trinajstić information content (AvgIpc) is 2.97. The molecular formula is C16H14O5S. The van der Waals surface area contributed by atoms with Crippen LogP contribution in [0, 0.1) is 0 Å². The van der Waals surface area contributed by atoms with E-state index in [1.165, 1.54) is 11.3 Å². The molecule has 0 bridgehead atoms. The third-order valence-corrected chi connectivity index (χ3v) is 3.98. The fourth-order valence-corrected chi connectivity index (χ4v) is 2.63. The van der Waals surface area contributed by atoms with E-state index in [0.29, 0.717) is 35.2 Å². The van der Waals surface area contributed by atoms with E-state index in [4.69, 9.17) is 14.2 Å². The molecule has 0 unspecified atom stereocenters. The molecule has 3 rings (SSSR count). The molecule has 5 nitrogen and oxygen atoms in total. The maximum Gasteiger partial charge on any atom is 0.348 e. The Balaban J connectivity index is 1.65. The Hall–Kier alpha value is -2.34. The topological polar surface area (TPSA) is 61.8 Å². The fourth-order valence-electron chi connectivity index (χ4n) is 2.02. The number of hydrogen-bond acceptors (Lipinski definition) is 6. The predicted molar refractivity (Wildman–Crippen MR) is 81.0 cm³/mol. The van der Waals surface area contributed by atoms with Gasteiger partial charge in [-0.05, 0) is 29.6 Å². The Kier molecular flexibility index (Phi) is 4.39. The minimum atomic E-state index is -0.488. The molecule has 0 fully saturated rings. The largest absolute Gasteiger partial charge is 0.490 e. The van der Waals surface area contributed by atoms with Gasteiger partial charge in [-0.1, -0.05) is 6.07 Å². The zero-order valence-electron chi connectivity index (χ0n) is 11.7. The molecule has 2 aromatic rings. The Labute approximate surface area is 131 Å². The SMILES string of the molecule is O=C(COC(=O)c1cccs1)c1ccc2c(c1)OCCCO2. The first-order valence-electron chi connectivity index (χ1n) is 6.87. The van der Waals surface area contributed by atoms with Crippen molar-refractivity contribution in [3.8, 4) is 11.5 Å².